The van der Waals surface area contributed by atoms with Crippen LogP contribution in [0.1, 0.15) is 120 Å². The quantitative estimate of drug-likeness (QED) is 0.491. The molecule has 2 saturated heterocycles. The molecule has 4 fully saturated rings. The zero-order valence-electron chi connectivity index (χ0n) is 24.2. The fourth-order valence-corrected chi connectivity index (χ4v) is 8.05. The minimum atomic E-state index is -0.201. The molecule has 2 saturated carbocycles. The topological polar surface area (TPSA) is 76.7 Å². The first kappa shape index (κ1) is 27.9. The average Bonchev–Trinajstić information content (AvgIpc) is 2.88. The molecule has 0 amide bonds. The summed E-state index contributed by atoms with van der Waals surface area (Å²) < 4.78 is 12.2. The monoisotopic (exact) mass is 504 g/mol. The van der Waals surface area contributed by atoms with E-state index in [1.165, 1.54) is 0 Å². The van der Waals surface area contributed by atoms with Gasteiger partial charge in [0.2, 0.25) is 0 Å². The summed E-state index contributed by atoms with van der Waals surface area (Å²) >= 11 is 0. The van der Waals surface area contributed by atoms with Gasteiger partial charge in [0.25, 0.3) is 0 Å². The van der Waals surface area contributed by atoms with E-state index in [0.717, 1.165) is 64.2 Å². The van der Waals surface area contributed by atoms with Gasteiger partial charge < -0.3 is 20.1 Å². The molecule has 0 radical (unpaired) electrons. The number of fused-ring (bicyclic) bond motifs is 1. The minimum absolute atomic E-state index is 0.00154. The van der Waals surface area contributed by atoms with Crippen molar-refractivity contribution in [1.82, 2.24) is 10.6 Å². The van der Waals surface area contributed by atoms with Gasteiger partial charge in [0.15, 0.2) is 0 Å². The Bertz CT molecular complexity index is 833. The number of esters is 2. The zero-order chi connectivity index (χ0) is 26.5. The van der Waals surface area contributed by atoms with E-state index < -0.39 is 0 Å². The van der Waals surface area contributed by atoms with Crippen LogP contribution in [0.3, 0.4) is 0 Å². The normalized spacial score (nSPS) is 38.9. The molecule has 2 aliphatic heterocycles. The number of carbonyl (C=O) groups is 2. The first-order valence-corrected chi connectivity index (χ1v) is 14.5. The van der Waals surface area contributed by atoms with Crippen molar-refractivity contribution in [3.05, 3.63) is 0 Å². The molecule has 0 aromatic carbocycles. The Kier molecular flexibility index (Phi) is 7.65. The molecule has 2 N–H and O–H groups in total. The molecular formula is C30H52N2O4. The fraction of sp³-hybridized carbons (Fsp3) is 0.933. The predicted octanol–water partition coefficient (Wildman–Crippen LogP) is 5.52. The third kappa shape index (κ3) is 6.64. The molecule has 0 aromatic rings. The Morgan fingerprint density at radius 3 is 1.69 bits per heavy atom. The number of nitrogens with one attached hydrogen (secondary N) is 2. The van der Waals surface area contributed by atoms with E-state index in [2.05, 4.69) is 66.0 Å². The van der Waals surface area contributed by atoms with E-state index in [9.17, 15) is 9.59 Å². The third-order valence-corrected chi connectivity index (χ3v) is 9.49. The van der Waals surface area contributed by atoms with Crippen molar-refractivity contribution in [3.63, 3.8) is 0 Å². The molecule has 0 aromatic heterocycles. The highest BCUT2D eigenvalue weighted by molar-refractivity contribution is 5.74. The van der Waals surface area contributed by atoms with E-state index >= 15 is 0 Å². The zero-order valence-corrected chi connectivity index (χ0v) is 24.2. The predicted molar refractivity (Wildman–Crippen MR) is 142 cm³/mol. The van der Waals surface area contributed by atoms with Crippen LogP contribution in [-0.2, 0) is 19.1 Å². The van der Waals surface area contributed by atoms with Gasteiger partial charge in [0.1, 0.15) is 12.2 Å². The maximum Gasteiger partial charge on any atom is 0.309 e. The molecule has 0 spiro atoms. The highest BCUT2D eigenvalue weighted by atomic mass is 16.5. The molecule has 4 aliphatic rings. The Morgan fingerprint density at radius 1 is 0.639 bits per heavy atom. The van der Waals surface area contributed by atoms with Gasteiger partial charge in [-0.05, 0) is 119 Å². The lowest BCUT2D eigenvalue weighted by Crippen LogP contribution is -2.51. The minimum Gasteiger partial charge on any atom is -0.462 e. The molecule has 2 aliphatic carbocycles. The number of hydrogen-bond donors (Lipinski definition) is 2. The van der Waals surface area contributed by atoms with Crippen molar-refractivity contribution in [2.24, 2.45) is 23.7 Å². The van der Waals surface area contributed by atoms with Crippen LogP contribution in [0, 0.1) is 23.7 Å². The van der Waals surface area contributed by atoms with Crippen LogP contribution in [0.5, 0.6) is 0 Å². The van der Waals surface area contributed by atoms with Crippen LogP contribution in [-0.4, -0.2) is 46.3 Å². The van der Waals surface area contributed by atoms with Gasteiger partial charge in [-0.2, -0.15) is 0 Å². The summed E-state index contributed by atoms with van der Waals surface area (Å²) in [5.41, 5.74) is -0.205. The second kappa shape index (κ2) is 9.87. The van der Waals surface area contributed by atoms with Crippen LogP contribution >= 0.6 is 0 Å². The molecule has 4 rings (SSSR count). The Morgan fingerprint density at radius 2 is 1.17 bits per heavy atom. The molecule has 6 heteroatoms. The summed E-state index contributed by atoms with van der Waals surface area (Å²) in [6.45, 7) is 17.5. The van der Waals surface area contributed by atoms with Gasteiger partial charge in [0, 0.05) is 29.5 Å². The lowest BCUT2D eigenvalue weighted by atomic mass is 9.65. The van der Waals surface area contributed by atoms with Crippen LogP contribution in [0.2, 0.25) is 0 Å². The maximum atomic E-state index is 13.2. The Balaban J connectivity index is 1.27. The molecule has 2 heterocycles. The lowest BCUT2D eigenvalue weighted by Gasteiger charge is -2.41. The molecule has 0 bridgehead atoms. The standard InChI is InChI=1S/C30H52N2O4/c1-27(2)14-13-23(17-28(3,4)31-27)35-25(33)21-11-9-20-16-22(12-10-19(20)15-21)26(34)36-24-18-29(5,6)32-30(24,7)8/h19-24,31-32H,9-18H2,1-8H3. The lowest BCUT2D eigenvalue weighted by molar-refractivity contribution is -0.162. The van der Waals surface area contributed by atoms with Crippen LogP contribution < -0.4 is 10.6 Å². The third-order valence-electron chi connectivity index (χ3n) is 9.49. The van der Waals surface area contributed by atoms with Gasteiger partial charge in [-0.15, -0.1) is 0 Å². The average molecular weight is 505 g/mol. The van der Waals surface area contributed by atoms with Crippen molar-refractivity contribution in [2.45, 2.75) is 154 Å². The van der Waals surface area contributed by atoms with Crippen LogP contribution in [0.4, 0.5) is 0 Å². The number of hydrogen-bond acceptors (Lipinski definition) is 6. The first-order valence-electron chi connectivity index (χ1n) is 14.5. The van der Waals surface area contributed by atoms with E-state index in [4.69, 9.17) is 9.47 Å². The summed E-state index contributed by atoms with van der Waals surface area (Å²) in [7, 11) is 0. The fourth-order valence-electron chi connectivity index (χ4n) is 8.05. The molecule has 6 unspecified atom stereocenters. The molecule has 206 valence electrons. The number of ether oxygens (including phenoxy) is 2. The summed E-state index contributed by atoms with van der Waals surface area (Å²) in [5, 5.41) is 7.33. The second-order valence-corrected chi connectivity index (χ2v) is 15.1. The van der Waals surface area contributed by atoms with Gasteiger partial charge >= 0.3 is 11.9 Å². The molecule has 6 nitrogen and oxygen atoms in total. The SMILES string of the molecule is CC1(C)CCC(OC(=O)C2CCC3CC(C(=O)OC4CC(C)(C)NC4(C)C)CCC3C2)CC(C)(C)N1. The van der Waals surface area contributed by atoms with Crippen LogP contribution in [0.15, 0.2) is 0 Å². The van der Waals surface area contributed by atoms with E-state index in [-0.39, 0.29) is 58.1 Å². The first-order chi connectivity index (χ1) is 16.5. The number of carbonyl (C=O) groups excluding carboxylic acids is 2. The van der Waals surface area contributed by atoms with Gasteiger partial charge in [-0.1, -0.05) is 0 Å². The van der Waals surface area contributed by atoms with Gasteiger partial charge in [-0.3, -0.25) is 9.59 Å². The highest BCUT2D eigenvalue weighted by Gasteiger charge is 2.48. The largest absolute Gasteiger partial charge is 0.462 e. The Hall–Kier alpha value is -1.14. The summed E-state index contributed by atoms with van der Waals surface area (Å²) in [5.74, 6) is 1.05. The van der Waals surface area contributed by atoms with Gasteiger partial charge in [-0.25, -0.2) is 0 Å². The van der Waals surface area contributed by atoms with Crippen molar-refractivity contribution in [3.8, 4) is 0 Å². The van der Waals surface area contributed by atoms with Crippen molar-refractivity contribution in [2.75, 3.05) is 0 Å². The van der Waals surface area contributed by atoms with E-state index in [1.54, 1.807) is 0 Å². The van der Waals surface area contributed by atoms with E-state index in [0.29, 0.717) is 11.8 Å². The van der Waals surface area contributed by atoms with E-state index in [1.807, 2.05) is 0 Å². The number of rotatable bonds is 4. The second-order valence-electron chi connectivity index (χ2n) is 15.1. The molecular weight excluding hydrogens is 452 g/mol. The maximum absolute atomic E-state index is 13.2. The van der Waals surface area contributed by atoms with Crippen molar-refractivity contribution in [1.29, 1.82) is 0 Å². The summed E-state index contributed by atoms with van der Waals surface area (Å²) in [4.78, 5) is 26.3. The molecule has 6 atom stereocenters. The molecule has 36 heavy (non-hydrogen) atoms. The summed E-state index contributed by atoms with van der Waals surface area (Å²) in [6.07, 6.45) is 9.15. The highest BCUT2D eigenvalue weighted by Crippen LogP contribution is 2.46. The van der Waals surface area contributed by atoms with Gasteiger partial charge in [0.05, 0.1) is 17.4 Å². The summed E-state index contributed by atoms with van der Waals surface area (Å²) in [6, 6.07) is 0. The van der Waals surface area contributed by atoms with Crippen LogP contribution in [0.25, 0.3) is 0 Å². The Labute approximate surface area is 219 Å². The van der Waals surface area contributed by atoms with Crippen molar-refractivity contribution >= 4 is 11.9 Å². The van der Waals surface area contributed by atoms with Crippen molar-refractivity contribution < 1.29 is 19.1 Å². The smallest absolute Gasteiger partial charge is 0.309 e.